The van der Waals surface area contributed by atoms with Crippen LogP contribution in [0.25, 0.3) is 0 Å². The van der Waals surface area contributed by atoms with Gasteiger partial charge in [-0.1, -0.05) is 6.07 Å². The van der Waals surface area contributed by atoms with E-state index in [0.717, 1.165) is 16.0 Å². The van der Waals surface area contributed by atoms with Gasteiger partial charge in [0.1, 0.15) is 5.00 Å². The SMILES string of the molecule is COC(=O)c1c(NC(=O)Cc2ccc3c(c2)OCO3)sc(C)c1C. The Labute approximate surface area is 143 Å². The first kappa shape index (κ1) is 16.3. The van der Waals surface area contributed by atoms with Crippen molar-refractivity contribution < 1.29 is 23.8 Å². The van der Waals surface area contributed by atoms with Crippen LogP contribution in [0.2, 0.25) is 0 Å². The third kappa shape index (κ3) is 3.07. The Hall–Kier alpha value is -2.54. The van der Waals surface area contributed by atoms with E-state index in [9.17, 15) is 9.59 Å². The van der Waals surface area contributed by atoms with E-state index in [-0.39, 0.29) is 19.1 Å². The number of esters is 1. The van der Waals surface area contributed by atoms with Crippen molar-refractivity contribution in [1.82, 2.24) is 0 Å². The predicted molar refractivity (Wildman–Crippen MR) is 90.0 cm³/mol. The highest BCUT2D eigenvalue weighted by Crippen LogP contribution is 2.34. The van der Waals surface area contributed by atoms with Crippen LogP contribution in [0.4, 0.5) is 5.00 Å². The number of rotatable bonds is 4. The molecule has 0 aliphatic carbocycles. The Balaban J connectivity index is 1.76. The number of thiophene rings is 1. The van der Waals surface area contributed by atoms with Gasteiger partial charge >= 0.3 is 5.97 Å². The van der Waals surface area contributed by atoms with Crippen LogP contribution in [0.3, 0.4) is 0 Å². The number of carbonyl (C=O) groups excluding carboxylic acids is 2. The summed E-state index contributed by atoms with van der Waals surface area (Å²) in [6.45, 7) is 3.94. The summed E-state index contributed by atoms with van der Waals surface area (Å²) >= 11 is 1.37. The Kier molecular flexibility index (Phi) is 4.44. The van der Waals surface area contributed by atoms with Gasteiger partial charge in [-0.05, 0) is 37.1 Å². The molecule has 2 aromatic rings. The van der Waals surface area contributed by atoms with E-state index in [1.807, 2.05) is 19.9 Å². The van der Waals surface area contributed by atoms with Gasteiger partial charge in [0.2, 0.25) is 12.7 Å². The van der Waals surface area contributed by atoms with Gasteiger partial charge in [-0.3, -0.25) is 4.79 Å². The van der Waals surface area contributed by atoms with Gasteiger partial charge in [0, 0.05) is 4.88 Å². The lowest BCUT2D eigenvalue weighted by atomic mass is 10.1. The molecule has 1 aromatic carbocycles. The summed E-state index contributed by atoms with van der Waals surface area (Å²) in [5.41, 5.74) is 2.05. The van der Waals surface area contributed by atoms with E-state index >= 15 is 0 Å². The number of hydrogen-bond acceptors (Lipinski definition) is 6. The van der Waals surface area contributed by atoms with E-state index in [4.69, 9.17) is 14.2 Å². The molecular formula is C17H17NO5S. The highest BCUT2D eigenvalue weighted by atomic mass is 32.1. The first-order valence-corrected chi connectivity index (χ1v) is 8.18. The largest absolute Gasteiger partial charge is 0.465 e. The maximum atomic E-state index is 12.3. The van der Waals surface area contributed by atoms with Gasteiger partial charge in [0.05, 0.1) is 19.1 Å². The zero-order valence-corrected chi connectivity index (χ0v) is 14.4. The number of hydrogen-bond donors (Lipinski definition) is 1. The average Bonchev–Trinajstić information content (AvgIpc) is 3.11. The summed E-state index contributed by atoms with van der Waals surface area (Å²) in [6, 6.07) is 5.39. The van der Waals surface area contributed by atoms with Crippen molar-refractivity contribution in [1.29, 1.82) is 0 Å². The molecule has 1 amide bonds. The third-order valence-electron chi connectivity index (χ3n) is 3.83. The standard InChI is InChI=1S/C17H17NO5S/c1-9-10(2)24-16(15(9)17(20)21-3)18-14(19)7-11-4-5-12-13(6-11)23-8-22-12/h4-6H,7-8H2,1-3H3,(H,18,19). The molecule has 1 N–H and O–H groups in total. The van der Waals surface area contributed by atoms with Crippen molar-refractivity contribution in [3.8, 4) is 11.5 Å². The molecule has 0 radical (unpaired) electrons. The molecule has 24 heavy (non-hydrogen) atoms. The van der Waals surface area contributed by atoms with Gasteiger partial charge in [0.25, 0.3) is 0 Å². The lowest BCUT2D eigenvalue weighted by molar-refractivity contribution is -0.115. The molecular weight excluding hydrogens is 330 g/mol. The van der Waals surface area contributed by atoms with E-state index in [2.05, 4.69) is 5.32 Å². The zero-order chi connectivity index (χ0) is 17.3. The molecule has 2 heterocycles. The lowest BCUT2D eigenvalue weighted by Crippen LogP contribution is -2.16. The van der Waals surface area contributed by atoms with Crippen molar-refractivity contribution in [2.45, 2.75) is 20.3 Å². The molecule has 1 aliphatic heterocycles. The monoisotopic (exact) mass is 347 g/mol. The molecule has 0 saturated carbocycles. The third-order valence-corrected chi connectivity index (χ3v) is 4.95. The Bertz CT molecular complexity index is 812. The Morgan fingerprint density at radius 1 is 1.25 bits per heavy atom. The van der Waals surface area contributed by atoms with E-state index in [1.54, 1.807) is 12.1 Å². The number of amides is 1. The average molecular weight is 347 g/mol. The quantitative estimate of drug-likeness (QED) is 0.861. The number of fused-ring (bicyclic) bond motifs is 1. The van der Waals surface area contributed by atoms with Crippen LogP contribution in [0.1, 0.15) is 26.4 Å². The first-order chi connectivity index (χ1) is 11.5. The van der Waals surface area contributed by atoms with Crippen LogP contribution >= 0.6 is 11.3 Å². The molecule has 0 fully saturated rings. The van der Waals surface area contributed by atoms with Crippen molar-refractivity contribution in [2.24, 2.45) is 0 Å². The number of ether oxygens (including phenoxy) is 3. The molecule has 126 valence electrons. The number of anilines is 1. The fourth-order valence-corrected chi connectivity index (χ4v) is 3.53. The zero-order valence-electron chi connectivity index (χ0n) is 13.6. The van der Waals surface area contributed by atoms with Crippen molar-refractivity contribution in [2.75, 3.05) is 19.2 Å². The first-order valence-electron chi connectivity index (χ1n) is 7.36. The second-order valence-corrected chi connectivity index (χ2v) is 6.62. The van der Waals surface area contributed by atoms with Gasteiger partial charge in [0.15, 0.2) is 11.5 Å². The number of benzene rings is 1. The van der Waals surface area contributed by atoms with Crippen molar-refractivity contribution >= 4 is 28.2 Å². The molecule has 6 nitrogen and oxygen atoms in total. The topological polar surface area (TPSA) is 73.9 Å². The normalized spacial score (nSPS) is 12.1. The lowest BCUT2D eigenvalue weighted by Gasteiger charge is -2.07. The maximum absolute atomic E-state index is 12.3. The van der Waals surface area contributed by atoms with Gasteiger partial charge in [-0.25, -0.2) is 4.79 Å². The van der Waals surface area contributed by atoms with Crippen LogP contribution in [-0.2, 0) is 16.0 Å². The van der Waals surface area contributed by atoms with E-state index in [0.29, 0.717) is 22.1 Å². The van der Waals surface area contributed by atoms with Gasteiger partial charge in [-0.15, -0.1) is 11.3 Å². The van der Waals surface area contributed by atoms with Crippen molar-refractivity contribution in [3.05, 3.63) is 39.8 Å². The van der Waals surface area contributed by atoms with Crippen LogP contribution < -0.4 is 14.8 Å². The minimum atomic E-state index is -0.449. The molecule has 7 heteroatoms. The summed E-state index contributed by atoms with van der Waals surface area (Å²) in [6.07, 6.45) is 0.174. The molecule has 1 aromatic heterocycles. The number of methoxy groups -OCH3 is 1. The van der Waals surface area contributed by atoms with E-state index < -0.39 is 5.97 Å². The number of carbonyl (C=O) groups is 2. The number of nitrogens with one attached hydrogen (secondary N) is 1. The fourth-order valence-electron chi connectivity index (χ4n) is 2.47. The highest BCUT2D eigenvalue weighted by molar-refractivity contribution is 7.16. The van der Waals surface area contributed by atoms with Gasteiger partial charge in [-0.2, -0.15) is 0 Å². The summed E-state index contributed by atoms with van der Waals surface area (Å²) in [4.78, 5) is 25.2. The summed E-state index contributed by atoms with van der Waals surface area (Å²) < 4.78 is 15.4. The molecule has 0 bridgehead atoms. The predicted octanol–water partition coefficient (Wildman–Crippen LogP) is 3.06. The second-order valence-electron chi connectivity index (χ2n) is 5.39. The molecule has 0 unspecified atom stereocenters. The summed E-state index contributed by atoms with van der Waals surface area (Å²) in [5.74, 6) is 0.658. The van der Waals surface area contributed by atoms with Crippen molar-refractivity contribution in [3.63, 3.8) is 0 Å². The molecule has 0 saturated heterocycles. The Morgan fingerprint density at radius 2 is 2.00 bits per heavy atom. The summed E-state index contributed by atoms with van der Waals surface area (Å²) in [7, 11) is 1.33. The van der Waals surface area contributed by atoms with Crippen LogP contribution in [0.5, 0.6) is 11.5 Å². The van der Waals surface area contributed by atoms with E-state index in [1.165, 1.54) is 18.4 Å². The molecule has 1 aliphatic rings. The smallest absolute Gasteiger partial charge is 0.341 e. The van der Waals surface area contributed by atoms with Crippen LogP contribution in [0, 0.1) is 13.8 Å². The molecule has 3 rings (SSSR count). The fraction of sp³-hybridized carbons (Fsp3) is 0.294. The summed E-state index contributed by atoms with van der Waals surface area (Å²) in [5, 5.41) is 3.33. The second kappa shape index (κ2) is 6.52. The maximum Gasteiger partial charge on any atom is 0.341 e. The van der Waals surface area contributed by atoms with Gasteiger partial charge < -0.3 is 19.5 Å². The van der Waals surface area contributed by atoms with Crippen LogP contribution in [0.15, 0.2) is 18.2 Å². The molecule has 0 spiro atoms. The Morgan fingerprint density at radius 3 is 2.75 bits per heavy atom. The van der Waals surface area contributed by atoms with Crippen LogP contribution in [-0.4, -0.2) is 25.8 Å². The minimum Gasteiger partial charge on any atom is -0.465 e. The highest BCUT2D eigenvalue weighted by Gasteiger charge is 2.22. The minimum absolute atomic E-state index is 0.174. The number of aryl methyl sites for hydroxylation is 1. The molecule has 0 atom stereocenters.